The second-order valence-electron chi connectivity index (χ2n) is 6.04. The van der Waals surface area contributed by atoms with Crippen LogP contribution in [0.5, 0.6) is 5.75 Å². The summed E-state index contributed by atoms with van der Waals surface area (Å²) < 4.78 is 18.7. The van der Waals surface area contributed by atoms with E-state index in [9.17, 15) is 9.18 Å². The molecule has 1 N–H and O–H groups in total. The predicted octanol–water partition coefficient (Wildman–Crippen LogP) is 4.89. The van der Waals surface area contributed by atoms with Crippen molar-refractivity contribution in [3.63, 3.8) is 0 Å². The van der Waals surface area contributed by atoms with Crippen molar-refractivity contribution in [2.75, 3.05) is 11.9 Å². The Kier molecular flexibility index (Phi) is 5.32. The highest BCUT2D eigenvalue weighted by molar-refractivity contribution is 7.14. The number of hydrogen-bond acceptors (Lipinski definition) is 4. The third-order valence-corrected chi connectivity index (χ3v) is 4.87. The molecular formula is C20H19FN2O2S. The van der Waals surface area contributed by atoms with Gasteiger partial charge >= 0.3 is 0 Å². The van der Waals surface area contributed by atoms with E-state index in [0.717, 1.165) is 28.0 Å². The van der Waals surface area contributed by atoms with Crippen LogP contribution >= 0.6 is 11.3 Å². The molecule has 1 aromatic heterocycles. The van der Waals surface area contributed by atoms with Crippen molar-refractivity contribution in [3.8, 4) is 17.0 Å². The fourth-order valence-corrected chi connectivity index (χ4v) is 3.26. The quantitative estimate of drug-likeness (QED) is 0.695. The summed E-state index contributed by atoms with van der Waals surface area (Å²) in [5.74, 6) is 0.174. The van der Waals surface area contributed by atoms with E-state index in [1.165, 1.54) is 23.5 Å². The van der Waals surface area contributed by atoms with Crippen molar-refractivity contribution in [1.82, 2.24) is 4.98 Å². The van der Waals surface area contributed by atoms with Gasteiger partial charge in [0.05, 0.1) is 5.69 Å². The number of halogens is 1. The van der Waals surface area contributed by atoms with Crippen LogP contribution in [0.25, 0.3) is 11.3 Å². The Hall–Kier alpha value is -2.73. The molecule has 4 nitrogen and oxygen atoms in total. The van der Waals surface area contributed by atoms with Gasteiger partial charge < -0.3 is 4.74 Å². The number of aryl methyl sites for hydroxylation is 2. The van der Waals surface area contributed by atoms with Crippen LogP contribution < -0.4 is 10.1 Å². The van der Waals surface area contributed by atoms with Gasteiger partial charge in [0, 0.05) is 10.9 Å². The lowest BCUT2D eigenvalue weighted by Crippen LogP contribution is -2.20. The summed E-state index contributed by atoms with van der Waals surface area (Å²) in [7, 11) is 0. The third-order valence-electron chi connectivity index (χ3n) is 4.11. The van der Waals surface area contributed by atoms with Gasteiger partial charge in [-0.3, -0.25) is 10.1 Å². The van der Waals surface area contributed by atoms with Crippen LogP contribution in [0.15, 0.2) is 41.8 Å². The first-order chi connectivity index (χ1) is 12.4. The molecule has 134 valence electrons. The van der Waals surface area contributed by atoms with Crippen LogP contribution in [0.2, 0.25) is 0 Å². The average molecular weight is 370 g/mol. The van der Waals surface area contributed by atoms with Crippen molar-refractivity contribution < 1.29 is 13.9 Å². The van der Waals surface area contributed by atoms with E-state index in [-0.39, 0.29) is 18.3 Å². The molecular weight excluding hydrogens is 351 g/mol. The number of thiazole rings is 1. The Bertz CT molecular complexity index is 935. The minimum atomic E-state index is -0.295. The Labute approximate surface area is 155 Å². The maximum absolute atomic E-state index is 13.0. The second-order valence-corrected chi connectivity index (χ2v) is 6.89. The summed E-state index contributed by atoms with van der Waals surface area (Å²) in [6.07, 6.45) is 0. The number of nitrogens with zero attached hydrogens (tertiary/aromatic N) is 1. The molecule has 3 aromatic rings. The highest BCUT2D eigenvalue weighted by Gasteiger charge is 2.11. The number of ether oxygens (including phenoxy) is 1. The largest absolute Gasteiger partial charge is 0.483 e. The molecule has 3 rings (SSSR count). The molecule has 0 atom stereocenters. The van der Waals surface area contributed by atoms with E-state index in [1.54, 1.807) is 12.1 Å². The number of rotatable bonds is 5. The van der Waals surface area contributed by atoms with E-state index in [0.29, 0.717) is 10.8 Å². The molecule has 0 aliphatic heterocycles. The molecule has 6 heteroatoms. The van der Waals surface area contributed by atoms with Gasteiger partial charge in [-0.1, -0.05) is 12.1 Å². The molecule has 0 saturated carbocycles. The van der Waals surface area contributed by atoms with Gasteiger partial charge in [-0.15, -0.1) is 11.3 Å². The Morgan fingerprint density at radius 1 is 1.12 bits per heavy atom. The number of hydrogen-bond donors (Lipinski definition) is 1. The average Bonchev–Trinajstić information content (AvgIpc) is 3.07. The number of aromatic nitrogens is 1. The Balaban J connectivity index is 1.63. The van der Waals surface area contributed by atoms with Gasteiger partial charge in [0.15, 0.2) is 11.7 Å². The lowest BCUT2D eigenvalue weighted by molar-refractivity contribution is -0.118. The first-order valence-electron chi connectivity index (χ1n) is 8.15. The van der Waals surface area contributed by atoms with Crippen LogP contribution in [0.3, 0.4) is 0 Å². The van der Waals surface area contributed by atoms with Crippen LogP contribution in [-0.2, 0) is 4.79 Å². The van der Waals surface area contributed by atoms with Gasteiger partial charge in [0.25, 0.3) is 5.91 Å². The lowest BCUT2D eigenvalue weighted by atomic mass is 10.1. The molecule has 0 saturated heterocycles. The molecule has 0 unspecified atom stereocenters. The van der Waals surface area contributed by atoms with Crippen LogP contribution in [0.4, 0.5) is 9.52 Å². The third kappa shape index (κ3) is 4.08. The van der Waals surface area contributed by atoms with Crippen LogP contribution in [-0.4, -0.2) is 17.5 Å². The minimum absolute atomic E-state index is 0.0867. The van der Waals surface area contributed by atoms with Crippen molar-refractivity contribution in [2.45, 2.75) is 20.8 Å². The number of anilines is 1. The topological polar surface area (TPSA) is 51.2 Å². The normalized spacial score (nSPS) is 10.6. The van der Waals surface area contributed by atoms with Crippen LogP contribution in [0, 0.1) is 26.6 Å². The molecule has 0 fully saturated rings. The Morgan fingerprint density at radius 3 is 2.54 bits per heavy atom. The SMILES string of the molecule is Cc1ccc(C)c(OCC(=O)Nc2nc(-c3ccc(F)cc3)cs2)c1C. The summed E-state index contributed by atoms with van der Waals surface area (Å²) >= 11 is 1.31. The number of benzene rings is 2. The predicted molar refractivity (Wildman–Crippen MR) is 102 cm³/mol. The fourth-order valence-electron chi connectivity index (χ4n) is 2.53. The summed E-state index contributed by atoms with van der Waals surface area (Å²) in [4.78, 5) is 16.5. The zero-order valence-electron chi connectivity index (χ0n) is 14.8. The molecule has 0 radical (unpaired) electrons. The van der Waals surface area contributed by atoms with Crippen LogP contribution in [0.1, 0.15) is 16.7 Å². The first-order valence-corrected chi connectivity index (χ1v) is 9.03. The number of nitrogens with one attached hydrogen (secondary N) is 1. The van der Waals surface area contributed by atoms with E-state index in [4.69, 9.17) is 4.74 Å². The van der Waals surface area contributed by atoms with Gasteiger partial charge in [-0.2, -0.15) is 0 Å². The fraction of sp³-hybridized carbons (Fsp3) is 0.200. The molecule has 0 aliphatic rings. The van der Waals surface area contributed by atoms with Gasteiger partial charge in [-0.05, 0) is 61.7 Å². The van der Waals surface area contributed by atoms with E-state index in [2.05, 4.69) is 10.3 Å². The van der Waals surface area contributed by atoms with E-state index < -0.39 is 0 Å². The van der Waals surface area contributed by atoms with Crippen molar-refractivity contribution >= 4 is 22.4 Å². The molecule has 0 bridgehead atoms. The summed E-state index contributed by atoms with van der Waals surface area (Å²) in [6, 6.07) is 10.1. The molecule has 0 aliphatic carbocycles. The lowest BCUT2D eigenvalue weighted by Gasteiger charge is -2.13. The molecule has 1 amide bonds. The Morgan fingerprint density at radius 2 is 1.81 bits per heavy atom. The zero-order chi connectivity index (χ0) is 18.7. The zero-order valence-corrected chi connectivity index (χ0v) is 15.6. The number of amides is 1. The first kappa shape index (κ1) is 18.1. The number of carbonyl (C=O) groups excluding carboxylic acids is 1. The highest BCUT2D eigenvalue weighted by atomic mass is 32.1. The maximum Gasteiger partial charge on any atom is 0.264 e. The van der Waals surface area contributed by atoms with Gasteiger partial charge in [-0.25, -0.2) is 9.37 Å². The summed E-state index contributed by atoms with van der Waals surface area (Å²) in [5, 5.41) is 5.04. The summed E-state index contributed by atoms with van der Waals surface area (Å²) in [6.45, 7) is 5.85. The van der Waals surface area contributed by atoms with Crippen molar-refractivity contribution in [3.05, 3.63) is 64.3 Å². The minimum Gasteiger partial charge on any atom is -0.483 e. The molecule has 1 heterocycles. The smallest absolute Gasteiger partial charge is 0.264 e. The molecule has 0 spiro atoms. The second kappa shape index (κ2) is 7.66. The molecule has 26 heavy (non-hydrogen) atoms. The van der Waals surface area contributed by atoms with Crippen molar-refractivity contribution in [2.24, 2.45) is 0 Å². The maximum atomic E-state index is 13.0. The summed E-state index contributed by atoms with van der Waals surface area (Å²) in [5.41, 5.74) is 4.64. The van der Waals surface area contributed by atoms with Gasteiger partial charge in [0.1, 0.15) is 11.6 Å². The highest BCUT2D eigenvalue weighted by Crippen LogP contribution is 2.27. The van der Waals surface area contributed by atoms with E-state index in [1.807, 2.05) is 38.3 Å². The monoisotopic (exact) mass is 370 g/mol. The van der Waals surface area contributed by atoms with Gasteiger partial charge in [0.2, 0.25) is 0 Å². The number of carbonyl (C=O) groups is 1. The van der Waals surface area contributed by atoms with Crippen molar-refractivity contribution in [1.29, 1.82) is 0 Å². The standard InChI is InChI=1S/C20H19FN2O2S/c1-12-4-5-13(2)19(14(12)3)25-10-18(24)23-20-22-17(11-26-20)15-6-8-16(21)9-7-15/h4-9,11H,10H2,1-3H3,(H,22,23,24). The molecule has 2 aromatic carbocycles. The van der Waals surface area contributed by atoms with E-state index >= 15 is 0 Å².